The number of rotatable bonds is 5. The summed E-state index contributed by atoms with van der Waals surface area (Å²) in [6.45, 7) is 12.6. The van der Waals surface area contributed by atoms with Crippen LogP contribution in [-0.2, 0) is 9.84 Å². The van der Waals surface area contributed by atoms with Crippen molar-refractivity contribution in [3.05, 3.63) is 0 Å². The molecule has 5 heteroatoms. The molecule has 2 rings (SSSR count). The lowest BCUT2D eigenvalue weighted by Crippen LogP contribution is -2.59. The van der Waals surface area contributed by atoms with Crippen LogP contribution in [0.4, 0.5) is 0 Å². The molecule has 0 aromatic heterocycles. The Labute approximate surface area is 130 Å². The summed E-state index contributed by atoms with van der Waals surface area (Å²) in [6.07, 6.45) is 2.61. The number of hydrogen-bond donors (Lipinski definition) is 1. The second kappa shape index (κ2) is 6.17. The lowest BCUT2D eigenvalue weighted by atomic mass is 9.97. The first-order chi connectivity index (χ1) is 9.62. The molecule has 0 spiro atoms. The fourth-order valence-corrected chi connectivity index (χ4v) is 4.13. The number of nitrogens with zero attached hydrogens (tertiary/aromatic N) is 1. The first kappa shape index (κ1) is 17.2. The van der Waals surface area contributed by atoms with Crippen molar-refractivity contribution >= 4 is 9.84 Å². The zero-order valence-electron chi connectivity index (χ0n) is 14.2. The molecule has 2 unspecified atom stereocenters. The summed E-state index contributed by atoms with van der Waals surface area (Å²) in [5, 5.41) is 3.66. The molecule has 2 atom stereocenters. The number of sulfone groups is 1. The molecular formula is C16H32N2O2S. The number of piperazine rings is 1. The highest BCUT2D eigenvalue weighted by molar-refractivity contribution is 7.92. The van der Waals surface area contributed by atoms with Crippen LogP contribution in [0.1, 0.15) is 47.5 Å². The van der Waals surface area contributed by atoms with Gasteiger partial charge in [0.25, 0.3) is 0 Å². The predicted octanol–water partition coefficient (Wildman–Crippen LogP) is 1.91. The lowest BCUT2D eigenvalue weighted by Gasteiger charge is -2.42. The minimum absolute atomic E-state index is 0.282. The Morgan fingerprint density at radius 2 is 1.86 bits per heavy atom. The molecule has 0 bridgehead atoms. The van der Waals surface area contributed by atoms with Gasteiger partial charge in [-0.1, -0.05) is 13.8 Å². The van der Waals surface area contributed by atoms with Gasteiger partial charge in [0.1, 0.15) is 0 Å². The van der Waals surface area contributed by atoms with Gasteiger partial charge in [0.15, 0.2) is 9.84 Å². The van der Waals surface area contributed by atoms with Crippen LogP contribution in [-0.4, -0.2) is 55.5 Å². The topological polar surface area (TPSA) is 49.4 Å². The van der Waals surface area contributed by atoms with Gasteiger partial charge in [0.2, 0.25) is 0 Å². The molecule has 0 aromatic carbocycles. The average molecular weight is 317 g/mol. The van der Waals surface area contributed by atoms with Gasteiger partial charge in [-0.2, -0.15) is 0 Å². The molecule has 1 aliphatic carbocycles. The maximum absolute atomic E-state index is 12.4. The van der Waals surface area contributed by atoms with E-state index in [2.05, 4.69) is 24.1 Å². The predicted molar refractivity (Wildman–Crippen MR) is 88.3 cm³/mol. The van der Waals surface area contributed by atoms with E-state index in [0.717, 1.165) is 19.0 Å². The van der Waals surface area contributed by atoms with Crippen molar-refractivity contribution in [3.63, 3.8) is 0 Å². The maximum atomic E-state index is 12.4. The van der Waals surface area contributed by atoms with Crippen LogP contribution in [0.15, 0.2) is 0 Å². The number of nitrogens with one attached hydrogen (secondary N) is 1. The van der Waals surface area contributed by atoms with Crippen molar-refractivity contribution in [1.82, 2.24) is 10.2 Å². The summed E-state index contributed by atoms with van der Waals surface area (Å²) in [5.74, 6) is 1.65. The second-order valence-electron chi connectivity index (χ2n) is 8.09. The smallest absolute Gasteiger partial charge is 0.156 e. The van der Waals surface area contributed by atoms with Gasteiger partial charge in [-0.25, -0.2) is 8.42 Å². The monoisotopic (exact) mass is 316 g/mol. The summed E-state index contributed by atoms with van der Waals surface area (Å²) in [5.41, 5.74) is 0. The highest BCUT2D eigenvalue weighted by Crippen LogP contribution is 2.36. The summed E-state index contributed by atoms with van der Waals surface area (Å²) in [4.78, 5) is 2.45. The summed E-state index contributed by atoms with van der Waals surface area (Å²) in [6, 6.07) is 1.02. The molecule has 1 aliphatic heterocycles. The Kier molecular flexibility index (Phi) is 5.06. The van der Waals surface area contributed by atoms with Gasteiger partial charge in [0.05, 0.1) is 10.5 Å². The SMILES string of the molecule is CC(C)C1CN(CCS(=O)(=O)C(C)(C)C)C(C2CC2)CN1. The van der Waals surface area contributed by atoms with Crippen molar-refractivity contribution < 1.29 is 8.42 Å². The van der Waals surface area contributed by atoms with Crippen LogP contribution in [0.25, 0.3) is 0 Å². The molecule has 2 aliphatic rings. The molecule has 0 radical (unpaired) electrons. The zero-order valence-corrected chi connectivity index (χ0v) is 15.0. The van der Waals surface area contributed by atoms with E-state index in [0.29, 0.717) is 24.5 Å². The first-order valence-electron chi connectivity index (χ1n) is 8.31. The van der Waals surface area contributed by atoms with Crippen LogP contribution < -0.4 is 5.32 Å². The summed E-state index contributed by atoms with van der Waals surface area (Å²) >= 11 is 0. The quantitative estimate of drug-likeness (QED) is 0.842. The van der Waals surface area contributed by atoms with Crippen molar-refractivity contribution in [3.8, 4) is 0 Å². The van der Waals surface area contributed by atoms with Crippen LogP contribution in [0.3, 0.4) is 0 Å². The fraction of sp³-hybridized carbons (Fsp3) is 1.00. The summed E-state index contributed by atoms with van der Waals surface area (Å²) in [7, 11) is -3.03. The minimum atomic E-state index is -3.03. The molecule has 124 valence electrons. The normalized spacial score (nSPS) is 29.0. The van der Waals surface area contributed by atoms with Gasteiger partial charge >= 0.3 is 0 Å². The Morgan fingerprint density at radius 3 is 2.33 bits per heavy atom. The Balaban J connectivity index is 2.00. The van der Waals surface area contributed by atoms with E-state index >= 15 is 0 Å². The maximum Gasteiger partial charge on any atom is 0.156 e. The van der Waals surface area contributed by atoms with Gasteiger partial charge in [-0.05, 0) is 45.4 Å². The fourth-order valence-electron chi connectivity index (χ4n) is 3.05. The van der Waals surface area contributed by atoms with E-state index in [1.165, 1.54) is 12.8 Å². The average Bonchev–Trinajstić information content (AvgIpc) is 3.18. The van der Waals surface area contributed by atoms with E-state index in [1.54, 1.807) is 20.8 Å². The third-order valence-electron chi connectivity index (χ3n) is 5.04. The molecule has 1 heterocycles. The standard InChI is InChI=1S/C16H32N2O2S/c1-12(2)14-11-18(15(10-17-14)13-6-7-13)8-9-21(19,20)16(3,4)5/h12-15,17H,6-11H2,1-5H3. The first-order valence-corrected chi connectivity index (χ1v) is 9.97. The van der Waals surface area contributed by atoms with Gasteiger partial charge in [0, 0.05) is 31.7 Å². The Hall–Kier alpha value is -0.130. The largest absolute Gasteiger partial charge is 0.311 e. The minimum Gasteiger partial charge on any atom is -0.311 e. The highest BCUT2D eigenvalue weighted by Gasteiger charge is 2.40. The third-order valence-corrected chi connectivity index (χ3v) is 7.63. The Bertz CT molecular complexity index is 449. The molecule has 4 nitrogen and oxygen atoms in total. The third kappa shape index (κ3) is 4.20. The van der Waals surface area contributed by atoms with Crippen molar-refractivity contribution in [2.75, 3.05) is 25.4 Å². The van der Waals surface area contributed by atoms with E-state index < -0.39 is 14.6 Å². The van der Waals surface area contributed by atoms with Crippen molar-refractivity contribution in [1.29, 1.82) is 0 Å². The van der Waals surface area contributed by atoms with E-state index in [-0.39, 0.29) is 5.75 Å². The molecule has 0 aromatic rings. The number of hydrogen-bond acceptors (Lipinski definition) is 4. The van der Waals surface area contributed by atoms with Gasteiger partial charge in [-0.15, -0.1) is 0 Å². The van der Waals surface area contributed by atoms with E-state index in [9.17, 15) is 8.42 Å². The molecule has 21 heavy (non-hydrogen) atoms. The van der Waals surface area contributed by atoms with Gasteiger partial charge < -0.3 is 5.32 Å². The lowest BCUT2D eigenvalue weighted by molar-refractivity contribution is 0.106. The van der Waals surface area contributed by atoms with E-state index in [4.69, 9.17) is 0 Å². The van der Waals surface area contributed by atoms with Crippen LogP contribution in [0.5, 0.6) is 0 Å². The van der Waals surface area contributed by atoms with E-state index in [1.807, 2.05) is 0 Å². The molecule has 1 saturated heterocycles. The van der Waals surface area contributed by atoms with Crippen molar-refractivity contribution in [2.24, 2.45) is 11.8 Å². The van der Waals surface area contributed by atoms with Crippen molar-refractivity contribution in [2.45, 2.75) is 64.3 Å². The van der Waals surface area contributed by atoms with Crippen LogP contribution >= 0.6 is 0 Å². The van der Waals surface area contributed by atoms with Gasteiger partial charge in [-0.3, -0.25) is 4.90 Å². The van der Waals surface area contributed by atoms with Crippen LogP contribution in [0.2, 0.25) is 0 Å². The molecule has 2 fully saturated rings. The highest BCUT2D eigenvalue weighted by atomic mass is 32.2. The molecule has 1 N–H and O–H groups in total. The molecular weight excluding hydrogens is 284 g/mol. The Morgan fingerprint density at radius 1 is 1.24 bits per heavy atom. The molecule has 0 amide bonds. The zero-order chi connectivity index (χ0) is 15.8. The molecule has 1 saturated carbocycles. The second-order valence-corrected chi connectivity index (χ2v) is 11.0. The van der Waals surface area contributed by atoms with Crippen LogP contribution in [0, 0.1) is 11.8 Å². The summed E-state index contributed by atoms with van der Waals surface area (Å²) < 4.78 is 24.1.